The van der Waals surface area contributed by atoms with Crippen molar-refractivity contribution in [3.05, 3.63) is 65.2 Å². The molecule has 0 spiro atoms. The molecule has 0 saturated carbocycles. The van der Waals surface area contributed by atoms with Crippen LogP contribution in [0.5, 0.6) is 0 Å². The molecule has 2 aromatic carbocycles. The van der Waals surface area contributed by atoms with Crippen molar-refractivity contribution >= 4 is 23.6 Å². The molecule has 0 unspecified atom stereocenters. The van der Waals surface area contributed by atoms with Crippen LogP contribution in [0.25, 0.3) is 0 Å². The Labute approximate surface area is 144 Å². The van der Waals surface area contributed by atoms with Crippen LogP contribution in [0.1, 0.15) is 27.9 Å². The average Bonchev–Trinajstić information content (AvgIpc) is 2.58. The minimum absolute atomic E-state index is 0.0649. The lowest BCUT2D eigenvalue weighted by Crippen LogP contribution is -2.23. The summed E-state index contributed by atoms with van der Waals surface area (Å²) in [7, 11) is 0. The molecular weight excluding hydrogens is 322 g/mol. The monoisotopic (exact) mass is 341 g/mol. The number of hydrogen-bond acceptors (Lipinski definition) is 3. The van der Waals surface area contributed by atoms with Gasteiger partial charge >= 0.3 is 12.0 Å². The Hall–Kier alpha value is -3.35. The van der Waals surface area contributed by atoms with Gasteiger partial charge in [0.15, 0.2) is 0 Å². The number of urea groups is 1. The number of rotatable bonds is 7. The molecule has 25 heavy (non-hydrogen) atoms. The quantitative estimate of drug-likeness (QED) is 0.616. The van der Waals surface area contributed by atoms with Gasteiger partial charge in [-0.1, -0.05) is 30.3 Å². The van der Waals surface area contributed by atoms with E-state index in [-0.39, 0.29) is 12.3 Å². The van der Waals surface area contributed by atoms with Crippen LogP contribution in [0.2, 0.25) is 0 Å². The van der Waals surface area contributed by atoms with Gasteiger partial charge in [0, 0.05) is 24.2 Å². The van der Waals surface area contributed by atoms with E-state index < -0.39 is 12.0 Å². The van der Waals surface area contributed by atoms with Gasteiger partial charge in [0.1, 0.15) is 0 Å². The van der Waals surface area contributed by atoms with Crippen LogP contribution in [0.3, 0.4) is 0 Å². The van der Waals surface area contributed by atoms with E-state index in [1.54, 1.807) is 18.2 Å². The van der Waals surface area contributed by atoms with Gasteiger partial charge in [-0.15, -0.1) is 0 Å². The summed E-state index contributed by atoms with van der Waals surface area (Å²) in [4.78, 5) is 33.7. The standard InChI is InChI=1S/C18H19N3O4/c19-18(25)21-15-6-2-5-14(10-15)17(24)20-11-13-4-1-3-12(9-13)7-8-16(22)23/h1-6,9-10H,7-8,11H2,(H,20,24)(H,22,23)(H3,19,21,25). The van der Waals surface area contributed by atoms with Crippen molar-refractivity contribution in [1.82, 2.24) is 5.32 Å². The summed E-state index contributed by atoms with van der Waals surface area (Å²) in [6, 6.07) is 13.2. The third-order valence-electron chi connectivity index (χ3n) is 3.46. The Morgan fingerprint density at radius 2 is 1.72 bits per heavy atom. The van der Waals surface area contributed by atoms with Gasteiger partial charge in [-0.25, -0.2) is 4.79 Å². The highest BCUT2D eigenvalue weighted by Gasteiger charge is 2.07. The highest BCUT2D eigenvalue weighted by Crippen LogP contribution is 2.11. The minimum Gasteiger partial charge on any atom is -0.481 e. The molecule has 0 aliphatic heterocycles. The maximum absolute atomic E-state index is 12.2. The number of aliphatic carboxylic acids is 1. The predicted molar refractivity (Wildman–Crippen MR) is 93.2 cm³/mol. The lowest BCUT2D eigenvalue weighted by molar-refractivity contribution is -0.136. The van der Waals surface area contributed by atoms with Crippen molar-refractivity contribution in [2.75, 3.05) is 5.32 Å². The molecule has 0 heterocycles. The molecule has 7 nitrogen and oxygen atoms in total. The topological polar surface area (TPSA) is 122 Å². The maximum Gasteiger partial charge on any atom is 0.316 e. The smallest absolute Gasteiger partial charge is 0.316 e. The number of carboxylic acid groups (broad SMARTS) is 1. The van der Waals surface area contributed by atoms with E-state index in [4.69, 9.17) is 10.8 Å². The average molecular weight is 341 g/mol. The molecule has 0 aliphatic carbocycles. The molecule has 3 amide bonds. The SMILES string of the molecule is NC(=O)Nc1cccc(C(=O)NCc2cccc(CCC(=O)O)c2)c1. The van der Waals surface area contributed by atoms with Gasteiger partial charge in [0.25, 0.3) is 5.91 Å². The first-order chi connectivity index (χ1) is 11.9. The summed E-state index contributed by atoms with van der Waals surface area (Å²) in [5.41, 5.74) is 7.67. The fourth-order valence-corrected chi connectivity index (χ4v) is 2.31. The van der Waals surface area contributed by atoms with Crippen LogP contribution < -0.4 is 16.4 Å². The van der Waals surface area contributed by atoms with E-state index in [1.165, 1.54) is 6.07 Å². The molecule has 0 radical (unpaired) electrons. The normalized spacial score (nSPS) is 10.1. The largest absolute Gasteiger partial charge is 0.481 e. The van der Waals surface area contributed by atoms with Crippen LogP contribution in [0.15, 0.2) is 48.5 Å². The molecule has 7 heteroatoms. The molecule has 0 aromatic heterocycles. The number of carboxylic acids is 1. The second-order valence-electron chi connectivity index (χ2n) is 5.47. The van der Waals surface area contributed by atoms with Gasteiger partial charge in [-0.3, -0.25) is 9.59 Å². The van der Waals surface area contributed by atoms with Crippen molar-refractivity contribution in [1.29, 1.82) is 0 Å². The van der Waals surface area contributed by atoms with Crippen LogP contribution in [0, 0.1) is 0 Å². The molecular formula is C18H19N3O4. The van der Waals surface area contributed by atoms with E-state index in [9.17, 15) is 14.4 Å². The summed E-state index contributed by atoms with van der Waals surface area (Å²) < 4.78 is 0. The van der Waals surface area contributed by atoms with Crippen LogP contribution in [-0.4, -0.2) is 23.0 Å². The molecule has 0 atom stereocenters. The van der Waals surface area contributed by atoms with E-state index in [2.05, 4.69) is 10.6 Å². The summed E-state index contributed by atoms with van der Waals surface area (Å²) in [5, 5.41) is 13.9. The highest BCUT2D eigenvalue weighted by molar-refractivity contribution is 5.96. The Kier molecular flexibility index (Phi) is 6.11. The van der Waals surface area contributed by atoms with Crippen molar-refractivity contribution < 1.29 is 19.5 Å². The highest BCUT2D eigenvalue weighted by atomic mass is 16.4. The number of carbonyl (C=O) groups is 3. The zero-order valence-corrected chi connectivity index (χ0v) is 13.5. The third kappa shape index (κ3) is 5.98. The molecule has 5 N–H and O–H groups in total. The number of anilines is 1. The third-order valence-corrected chi connectivity index (χ3v) is 3.46. The van der Waals surface area contributed by atoms with Gasteiger partial charge < -0.3 is 21.5 Å². The lowest BCUT2D eigenvalue weighted by Gasteiger charge is -2.08. The number of primary amides is 1. The first-order valence-electron chi connectivity index (χ1n) is 7.68. The fraction of sp³-hybridized carbons (Fsp3) is 0.167. The number of benzene rings is 2. The summed E-state index contributed by atoms with van der Waals surface area (Å²) in [6.45, 7) is 0.313. The van der Waals surface area contributed by atoms with E-state index in [0.717, 1.165) is 11.1 Å². The Balaban J connectivity index is 1.96. The molecule has 0 bridgehead atoms. The molecule has 2 aromatic rings. The van der Waals surface area contributed by atoms with E-state index in [0.29, 0.717) is 24.2 Å². The molecule has 130 valence electrons. The molecule has 0 fully saturated rings. The second kappa shape index (κ2) is 8.49. The zero-order chi connectivity index (χ0) is 18.2. The first kappa shape index (κ1) is 18.0. The van der Waals surface area contributed by atoms with E-state index >= 15 is 0 Å². The Bertz CT molecular complexity index is 789. The zero-order valence-electron chi connectivity index (χ0n) is 13.5. The second-order valence-corrected chi connectivity index (χ2v) is 5.47. The Morgan fingerprint density at radius 1 is 1.00 bits per heavy atom. The number of nitrogens with two attached hydrogens (primary N) is 1. The van der Waals surface area contributed by atoms with Crippen molar-refractivity contribution in [3.63, 3.8) is 0 Å². The minimum atomic E-state index is -0.844. The van der Waals surface area contributed by atoms with Crippen molar-refractivity contribution in [2.24, 2.45) is 5.73 Å². The number of amides is 3. The lowest BCUT2D eigenvalue weighted by atomic mass is 10.1. The molecule has 2 rings (SSSR count). The van der Waals surface area contributed by atoms with Crippen molar-refractivity contribution in [2.45, 2.75) is 19.4 Å². The van der Waals surface area contributed by atoms with Gasteiger partial charge in [0.05, 0.1) is 0 Å². The summed E-state index contributed by atoms with van der Waals surface area (Å²) in [6.07, 6.45) is 0.507. The van der Waals surface area contributed by atoms with Gasteiger partial charge in [0.2, 0.25) is 0 Å². The Morgan fingerprint density at radius 3 is 2.44 bits per heavy atom. The van der Waals surface area contributed by atoms with E-state index in [1.807, 2.05) is 24.3 Å². The van der Waals surface area contributed by atoms with Crippen LogP contribution in [-0.2, 0) is 17.8 Å². The summed E-state index contributed by atoms with van der Waals surface area (Å²) in [5.74, 6) is -1.13. The summed E-state index contributed by atoms with van der Waals surface area (Å²) >= 11 is 0. The van der Waals surface area contributed by atoms with Crippen LogP contribution in [0.4, 0.5) is 10.5 Å². The van der Waals surface area contributed by atoms with Crippen LogP contribution >= 0.6 is 0 Å². The van der Waals surface area contributed by atoms with Gasteiger partial charge in [-0.2, -0.15) is 0 Å². The number of hydrogen-bond donors (Lipinski definition) is 4. The molecule has 0 saturated heterocycles. The number of aryl methyl sites for hydroxylation is 1. The predicted octanol–water partition coefficient (Wildman–Crippen LogP) is 2.12. The van der Waals surface area contributed by atoms with Gasteiger partial charge in [-0.05, 0) is 35.7 Å². The maximum atomic E-state index is 12.2. The fourth-order valence-electron chi connectivity index (χ4n) is 2.31. The number of nitrogens with one attached hydrogen (secondary N) is 2. The first-order valence-corrected chi connectivity index (χ1v) is 7.68. The van der Waals surface area contributed by atoms with Crippen molar-refractivity contribution in [3.8, 4) is 0 Å². The number of carbonyl (C=O) groups excluding carboxylic acids is 2. The molecule has 0 aliphatic rings.